The van der Waals surface area contributed by atoms with Crippen molar-refractivity contribution in [3.05, 3.63) is 29.8 Å². The average molecular weight is 256 g/mol. The molecule has 1 aromatic carbocycles. The molecule has 0 saturated heterocycles. The number of ether oxygens (including phenoxy) is 2. The van der Waals surface area contributed by atoms with Crippen molar-refractivity contribution in [2.45, 2.75) is 30.6 Å². The van der Waals surface area contributed by atoms with E-state index in [0.717, 1.165) is 22.6 Å². The Morgan fingerprint density at radius 2 is 1.76 bits per heavy atom. The van der Waals surface area contributed by atoms with Crippen molar-refractivity contribution in [2.24, 2.45) is 0 Å². The van der Waals surface area contributed by atoms with Crippen LogP contribution < -0.4 is 0 Å². The van der Waals surface area contributed by atoms with Gasteiger partial charge in [0.25, 0.3) is 0 Å². The SMILES string of the molecule is CCC(O)CSc1ccc(C(OC)OC)cc1. The van der Waals surface area contributed by atoms with Gasteiger partial charge in [-0.25, -0.2) is 0 Å². The zero-order chi connectivity index (χ0) is 12.7. The summed E-state index contributed by atoms with van der Waals surface area (Å²) in [5.41, 5.74) is 0.996. The summed E-state index contributed by atoms with van der Waals surface area (Å²) in [6.07, 6.45) is 0.251. The van der Waals surface area contributed by atoms with Crippen molar-refractivity contribution < 1.29 is 14.6 Å². The number of methoxy groups -OCH3 is 2. The van der Waals surface area contributed by atoms with Crippen molar-refractivity contribution in [1.29, 1.82) is 0 Å². The van der Waals surface area contributed by atoms with Crippen LogP contribution in [0, 0.1) is 0 Å². The molecule has 0 amide bonds. The first-order valence-corrected chi connectivity index (χ1v) is 6.66. The maximum Gasteiger partial charge on any atom is 0.183 e. The van der Waals surface area contributed by atoms with Gasteiger partial charge in [0.2, 0.25) is 0 Å². The van der Waals surface area contributed by atoms with Crippen molar-refractivity contribution in [3.63, 3.8) is 0 Å². The Hall–Kier alpha value is -0.550. The van der Waals surface area contributed by atoms with E-state index in [1.165, 1.54) is 0 Å². The number of benzene rings is 1. The van der Waals surface area contributed by atoms with E-state index >= 15 is 0 Å². The first kappa shape index (κ1) is 14.5. The normalized spacial score (nSPS) is 13.0. The zero-order valence-electron chi connectivity index (χ0n) is 10.6. The van der Waals surface area contributed by atoms with Crippen LogP contribution in [0.25, 0.3) is 0 Å². The van der Waals surface area contributed by atoms with E-state index in [2.05, 4.69) is 0 Å². The lowest BCUT2D eigenvalue weighted by Gasteiger charge is -2.14. The third-order valence-electron chi connectivity index (χ3n) is 2.49. The van der Waals surface area contributed by atoms with Gasteiger partial charge in [0.05, 0.1) is 6.10 Å². The molecule has 1 unspecified atom stereocenters. The van der Waals surface area contributed by atoms with E-state index in [1.807, 2.05) is 31.2 Å². The summed E-state index contributed by atoms with van der Waals surface area (Å²) in [7, 11) is 3.24. The molecule has 96 valence electrons. The summed E-state index contributed by atoms with van der Waals surface area (Å²) in [5.74, 6) is 0.730. The lowest BCUT2D eigenvalue weighted by atomic mass is 10.2. The average Bonchev–Trinajstić information content (AvgIpc) is 2.38. The van der Waals surface area contributed by atoms with Crippen LogP contribution >= 0.6 is 11.8 Å². The molecule has 0 heterocycles. The number of hydrogen-bond donors (Lipinski definition) is 1. The smallest absolute Gasteiger partial charge is 0.183 e. The molecule has 0 bridgehead atoms. The Bertz CT molecular complexity index is 309. The molecule has 0 aliphatic rings. The summed E-state index contributed by atoms with van der Waals surface area (Å²) in [5, 5.41) is 9.48. The Balaban J connectivity index is 2.55. The van der Waals surface area contributed by atoms with Gasteiger partial charge in [0.1, 0.15) is 0 Å². The van der Waals surface area contributed by atoms with E-state index in [4.69, 9.17) is 9.47 Å². The van der Waals surface area contributed by atoms with Gasteiger partial charge in [-0.3, -0.25) is 0 Å². The quantitative estimate of drug-likeness (QED) is 0.601. The van der Waals surface area contributed by atoms with E-state index in [0.29, 0.717) is 0 Å². The highest BCUT2D eigenvalue weighted by molar-refractivity contribution is 7.99. The Labute approximate surface area is 107 Å². The minimum Gasteiger partial charge on any atom is -0.392 e. The molecular formula is C13H20O3S. The van der Waals surface area contributed by atoms with Gasteiger partial charge in [-0.15, -0.1) is 11.8 Å². The number of thioether (sulfide) groups is 1. The predicted molar refractivity (Wildman–Crippen MR) is 70.2 cm³/mol. The fraction of sp³-hybridized carbons (Fsp3) is 0.538. The maximum absolute atomic E-state index is 9.48. The van der Waals surface area contributed by atoms with Gasteiger partial charge < -0.3 is 14.6 Å². The van der Waals surface area contributed by atoms with E-state index in [9.17, 15) is 5.11 Å². The van der Waals surface area contributed by atoms with Crippen LogP contribution in [-0.2, 0) is 9.47 Å². The Morgan fingerprint density at radius 3 is 2.24 bits per heavy atom. The molecule has 1 aromatic rings. The summed E-state index contributed by atoms with van der Waals surface area (Å²) in [6, 6.07) is 8.01. The minimum absolute atomic E-state index is 0.231. The monoisotopic (exact) mass is 256 g/mol. The Kier molecular flexibility index (Phi) is 6.58. The number of aliphatic hydroxyl groups is 1. The van der Waals surface area contributed by atoms with Crippen LogP contribution in [0.15, 0.2) is 29.2 Å². The van der Waals surface area contributed by atoms with E-state index in [1.54, 1.807) is 26.0 Å². The molecule has 0 aliphatic heterocycles. The molecule has 4 heteroatoms. The second-order valence-corrected chi connectivity index (χ2v) is 4.84. The third kappa shape index (κ3) is 4.68. The van der Waals surface area contributed by atoms with Crippen molar-refractivity contribution in [3.8, 4) is 0 Å². The standard InChI is InChI=1S/C13H20O3S/c1-4-11(14)9-17-12-7-5-10(6-8-12)13(15-2)16-3/h5-8,11,13-14H,4,9H2,1-3H3. The van der Waals surface area contributed by atoms with Crippen LogP contribution in [0.1, 0.15) is 25.2 Å². The molecule has 1 N–H and O–H groups in total. The van der Waals surface area contributed by atoms with Gasteiger partial charge in [0, 0.05) is 30.4 Å². The van der Waals surface area contributed by atoms with Crippen LogP contribution in [0.2, 0.25) is 0 Å². The topological polar surface area (TPSA) is 38.7 Å². The molecule has 3 nitrogen and oxygen atoms in total. The van der Waals surface area contributed by atoms with E-state index in [-0.39, 0.29) is 12.4 Å². The highest BCUT2D eigenvalue weighted by atomic mass is 32.2. The van der Waals surface area contributed by atoms with Crippen LogP contribution in [0.4, 0.5) is 0 Å². The van der Waals surface area contributed by atoms with Gasteiger partial charge in [-0.1, -0.05) is 19.1 Å². The number of aliphatic hydroxyl groups excluding tert-OH is 1. The minimum atomic E-state index is -0.310. The molecule has 0 spiro atoms. The molecule has 1 atom stereocenters. The molecule has 17 heavy (non-hydrogen) atoms. The van der Waals surface area contributed by atoms with Gasteiger partial charge >= 0.3 is 0 Å². The lowest BCUT2D eigenvalue weighted by molar-refractivity contribution is -0.106. The fourth-order valence-electron chi connectivity index (χ4n) is 1.40. The van der Waals surface area contributed by atoms with Gasteiger partial charge in [-0.2, -0.15) is 0 Å². The van der Waals surface area contributed by atoms with Crippen molar-refractivity contribution in [1.82, 2.24) is 0 Å². The molecule has 0 aliphatic carbocycles. The van der Waals surface area contributed by atoms with Crippen molar-refractivity contribution in [2.75, 3.05) is 20.0 Å². The fourth-order valence-corrected chi connectivity index (χ4v) is 2.35. The molecule has 0 saturated carbocycles. The largest absolute Gasteiger partial charge is 0.392 e. The number of hydrogen-bond acceptors (Lipinski definition) is 4. The first-order valence-electron chi connectivity index (χ1n) is 5.67. The maximum atomic E-state index is 9.48. The summed E-state index contributed by atoms with van der Waals surface area (Å²) >= 11 is 1.66. The Morgan fingerprint density at radius 1 is 1.18 bits per heavy atom. The zero-order valence-corrected chi connectivity index (χ0v) is 11.4. The number of rotatable bonds is 7. The highest BCUT2D eigenvalue weighted by Gasteiger charge is 2.08. The van der Waals surface area contributed by atoms with Gasteiger partial charge in [0.15, 0.2) is 6.29 Å². The van der Waals surface area contributed by atoms with Crippen LogP contribution in [-0.4, -0.2) is 31.2 Å². The summed E-state index contributed by atoms with van der Waals surface area (Å²) < 4.78 is 10.3. The highest BCUT2D eigenvalue weighted by Crippen LogP contribution is 2.23. The molecule has 0 aromatic heterocycles. The molecule has 1 rings (SSSR count). The summed E-state index contributed by atoms with van der Waals surface area (Å²) in [6.45, 7) is 1.98. The van der Waals surface area contributed by atoms with Crippen LogP contribution in [0.5, 0.6) is 0 Å². The molecule has 0 fully saturated rings. The first-order chi connectivity index (χ1) is 8.21. The third-order valence-corrected chi connectivity index (χ3v) is 3.65. The molecular weight excluding hydrogens is 236 g/mol. The molecule has 0 radical (unpaired) electrons. The second kappa shape index (κ2) is 7.71. The van der Waals surface area contributed by atoms with E-state index < -0.39 is 0 Å². The van der Waals surface area contributed by atoms with Gasteiger partial charge in [-0.05, 0) is 18.6 Å². The van der Waals surface area contributed by atoms with Crippen LogP contribution in [0.3, 0.4) is 0 Å². The summed E-state index contributed by atoms with van der Waals surface area (Å²) in [4.78, 5) is 1.15. The second-order valence-electron chi connectivity index (χ2n) is 3.75. The van der Waals surface area contributed by atoms with Crippen molar-refractivity contribution >= 4 is 11.8 Å². The predicted octanol–water partition coefficient (Wildman–Crippen LogP) is 2.84. The lowest BCUT2D eigenvalue weighted by Crippen LogP contribution is -2.07.